The molecule has 7 nitrogen and oxygen atoms in total. The van der Waals surface area contributed by atoms with E-state index < -0.39 is 5.91 Å². The molecule has 2 amide bonds. The number of aromatic amines is 1. The Morgan fingerprint density at radius 2 is 1.97 bits per heavy atom. The number of ether oxygens (including phenoxy) is 1. The first kappa shape index (κ1) is 21.3. The average Bonchev–Trinajstić information content (AvgIpc) is 3.47. The third-order valence-corrected chi connectivity index (χ3v) is 6.89. The molecule has 1 aromatic heterocycles. The van der Waals surface area contributed by atoms with E-state index in [-0.39, 0.29) is 17.7 Å². The van der Waals surface area contributed by atoms with Gasteiger partial charge in [0.05, 0.1) is 23.4 Å². The summed E-state index contributed by atoms with van der Waals surface area (Å²) in [6.07, 6.45) is 2.32. The predicted molar refractivity (Wildman–Crippen MR) is 129 cm³/mol. The van der Waals surface area contributed by atoms with E-state index in [9.17, 15) is 9.59 Å². The van der Waals surface area contributed by atoms with E-state index >= 15 is 0 Å². The van der Waals surface area contributed by atoms with Gasteiger partial charge in [-0.2, -0.15) is 0 Å². The molecular weight excluding hydrogens is 416 g/mol. The highest BCUT2D eigenvalue weighted by atomic mass is 16.5. The molecule has 0 saturated carbocycles. The predicted octanol–water partition coefficient (Wildman–Crippen LogP) is 3.65. The number of likely N-dealkylation sites (tertiary alicyclic amines) is 1. The molecule has 2 saturated heterocycles. The number of hydrogen-bond donors (Lipinski definition) is 2. The summed E-state index contributed by atoms with van der Waals surface area (Å²) in [5.74, 6) is 0.0704. The second-order valence-electron chi connectivity index (χ2n) is 8.83. The second-order valence-corrected chi connectivity index (χ2v) is 8.83. The summed E-state index contributed by atoms with van der Waals surface area (Å²) < 4.78 is 5.57. The lowest BCUT2D eigenvalue weighted by Crippen LogP contribution is -2.48. The smallest absolute Gasteiger partial charge is 0.250 e. The lowest BCUT2D eigenvalue weighted by Gasteiger charge is -2.40. The summed E-state index contributed by atoms with van der Waals surface area (Å²) in [5.41, 5.74) is 11.3. The summed E-state index contributed by atoms with van der Waals surface area (Å²) in [4.78, 5) is 31.4. The number of benzene rings is 2. The van der Waals surface area contributed by atoms with E-state index in [0.29, 0.717) is 25.3 Å². The molecule has 5 rings (SSSR count). The first-order chi connectivity index (χ1) is 16.0. The number of nitrogens with zero attached hydrogens (tertiary/aromatic N) is 2. The van der Waals surface area contributed by atoms with E-state index in [1.807, 2.05) is 25.2 Å². The van der Waals surface area contributed by atoms with Crippen LogP contribution in [0.5, 0.6) is 0 Å². The van der Waals surface area contributed by atoms with Gasteiger partial charge in [-0.05, 0) is 42.3 Å². The van der Waals surface area contributed by atoms with Gasteiger partial charge in [0.2, 0.25) is 5.91 Å². The minimum Gasteiger partial charge on any atom is -0.381 e. The maximum absolute atomic E-state index is 12.1. The van der Waals surface area contributed by atoms with Crippen molar-refractivity contribution >= 4 is 34.1 Å². The van der Waals surface area contributed by atoms with Gasteiger partial charge in [0.15, 0.2) is 0 Å². The van der Waals surface area contributed by atoms with Crippen LogP contribution in [-0.4, -0.2) is 55.0 Å². The zero-order chi connectivity index (χ0) is 23.1. The first-order valence-corrected chi connectivity index (χ1v) is 11.2. The SMILES string of the molecule is C=CC(=O)N1CC(c2ccccc2N(C)c2ccc(C(N)=O)c3[nH]c([C@@H]4CCOC4)cc23)C1. The van der Waals surface area contributed by atoms with Crippen molar-refractivity contribution in [2.75, 3.05) is 38.3 Å². The average molecular weight is 445 g/mol. The van der Waals surface area contributed by atoms with Gasteiger partial charge >= 0.3 is 0 Å². The fraction of sp³-hybridized carbons (Fsp3) is 0.308. The number of fused-ring (bicyclic) bond motifs is 1. The van der Waals surface area contributed by atoms with Gasteiger partial charge in [0.1, 0.15) is 0 Å². The Balaban J connectivity index is 1.54. The number of primary amides is 1. The van der Waals surface area contributed by atoms with Crippen LogP contribution in [0.4, 0.5) is 11.4 Å². The van der Waals surface area contributed by atoms with Crippen molar-refractivity contribution in [1.82, 2.24) is 9.88 Å². The molecule has 3 N–H and O–H groups in total. The summed E-state index contributed by atoms with van der Waals surface area (Å²) in [7, 11) is 2.04. The van der Waals surface area contributed by atoms with E-state index in [1.54, 1.807) is 11.0 Å². The number of aromatic nitrogens is 1. The Morgan fingerprint density at radius 1 is 1.18 bits per heavy atom. The molecule has 0 radical (unpaired) electrons. The van der Waals surface area contributed by atoms with Crippen molar-refractivity contribution in [3.63, 3.8) is 0 Å². The van der Waals surface area contributed by atoms with E-state index in [4.69, 9.17) is 10.5 Å². The van der Waals surface area contributed by atoms with Crippen molar-refractivity contribution in [2.45, 2.75) is 18.3 Å². The number of hydrogen-bond acceptors (Lipinski definition) is 4. The second kappa shape index (κ2) is 8.41. The van der Waals surface area contributed by atoms with Crippen LogP contribution in [0.1, 0.15) is 39.9 Å². The molecule has 0 spiro atoms. The van der Waals surface area contributed by atoms with Crippen LogP contribution in [-0.2, 0) is 9.53 Å². The van der Waals surface area contributed by atoms with Crippen LogP contribution in [0.25, 0.3) is 10.9 Å². The number of carbonyl (C=O) groups excluding carboxylic acids is 2. The molecule has 2 fully saturated rings. The molecule has 2 aliphatic heterocycles. The van der Waals surface area contributed by atoms with Crippen molar-refractivity contribution in [1.29, 1.82) is 0 Å². The van der Waals surface area contributed by atoms with E-state index in [2.05, 4.69) is 34.7 Å². The van der Waals surface area contributed by atoms with Gasteiger partial charge in [0.25, 0.3) is 5.91 Å². The van der Waals surface area contributed by atoms with Crippen LogP contribution in [0.2, 0.25) is 0 Å². The van der Waals surface area contributed by atoms with Crippen LogP contribution in [0.15, 0.2) is 55.1 Å². The molecule has 33 heavy (non-hydrogen) atoms. The fourth-order valence-corrected chi connectivity index (χ4v) is 4.98. The molecule has 0 unspecified atom stereocenters. The lowest BCUT2D eigenvalue weighted by molar-refractivity contribution is -0.130. The topological polar surface area (TPSA) is 91.7 Å². The standard InChI is InChI=1S/C26H28N4O3/c1-3-24(31)30-13-17(14-30)18-6-4-5-7-22(18)29(2)23-9-8-19(26(27)32)25-20(23)12-21(28-25)16-10-11-33-15-16/h3-9,12,16-17,28H,1,10-11,13-15H2,2H3,(H2,27,32)/t16-/m1/s1. The monoisotopic (exact) mass is 444 g/mol. The van der Waals surface area contributed by atoms with Gasteiger partial charge in [-0.3, -0.25) is 9.59 Å². The molecule has 1 atom stereocenters. The zero-order valence-electron chi connectivity index (χ0n) is 18.7. The van der Waals surface area contributed by atoms with E-state index in [1.165, 1.54) is 11.6 Å². The van der Waals surface area contributed by atoms with Gasteiger partial charge in [-0.25, -0.2) is 0 Å². The number of para-hydroxylation sites is 1. The Hall–Kier alpha value is -3.58. The van der Waals surface area contributed by atoms with Crippen molar-refractivity contribution in [2.24, 2.45) is 5.73 Å². The molecule has 0 bridgehead atoms. The Labute approximate surface area is 192 Å². The highest BCUT2D eigenvalue weighted by molar-refractivity contribution is 6.09. The number of H-pyrrole nitrogens is 1. The van der Waals surface area contributed by atoms with Gasteiger partial charge in [0, 0.05) is 55.3 Å². The third kappa shape index (κ3) is 3.68. The fourth-order valence-electron chi connectivity index (χ4n) is 4.98. The van der Waals surface area contributed by atoms with Crippen LogP contribution in [0, 0.1) is 0 Å². The van der Waals surface area contributed by atoms with Crippen LogP contribution >= 0.6 is 0 Å². The largest absolute Gasteiger partial charge is 0.381 e. The highest BCUT2D eigenvalue weighted by Crippen LogP contribution is 2.40. The summed E-state index contributed by atoms with van der Waals surface area (Å²) >= 11 is 0. The molecule has 170 valence electrons. The molecule has 0 aliphatic carbocycles. The zero-order valence-corrected chi connectivity index (χ0v) is 18.7. The number of rotatable bonds is 6. The normalized spacial score (nSPS) is 18.3. The Kier molecular flexibility index (Phi) is 5.42. The van der Waals surface area contributed by atoms with E-state index in [0.717, 1.165) is 41.0 Å². The molecule has 3 aromatic rings. The lowest BCUT2D eigenvalue weighted by atomic mass is 9.89. The van der Waals surface area contributed by atoms with Gasteiger partial charge in [-0.1, -0.05) is 24.8 Å². The quantitative estimate of drug-likeness (QED) is 0.568. The van der Waals surface area contributed by atoms with Crippen LogP contribution < -0.4 is 10.6 Å². The Bertz CT molecular complexity index is 1240. The minimum atomic E-state index is -0.452. The minimum absolute atomic E-state index is 0.0309. The van der Waals surface area contributed by atoms with Crippen LogP contribution in [0.3, 0.4) is 0 Å². The maximum Gasteiger partial charge on any atom is 0.250 e. The number of nitrogens with one attached hydrogen (secondary N) is 1. The summed E-state index contributed by atoms with van der Waals surface area (Å²) in [5, 5.41) is 0.961. The number of anilines is 2. The highest BCUT2D eigenvalue weighted by Gasteiger charge is 2.32. The molecule has 2 aromatic carbocycles. The van der Waals surface area contributed by atoms with Gasteiger partial charge in [-0.15, -0.1) is 0 Å². The van der Waals surface area contributed by atoms with Crippen molar-refractivity contribution in [3.05, 3.63) is 71.9 Å². The summed E-state index contributed by atoms with van der Waals surface area (Å²) in [6.45, 7) is 6.37. The molecule has 7 heteroatoms. The maximum atomic E-state index is 12.1. The number of nitrogens with two attached hydrogens (primary N) is 1. The number of carbonyl (C=O) groups is 2. The van der Waals surface area contributed by atoms with Gasteiger partial charge < -0.3 is 25.3 Å². The number of amides is 2. The Morgan fingerprint density at radius 3 is 2.67 bits per heavy atom. The third-order valence-electron chi connectivity index (χ3n) is 6.89. The van der Waals surface area contributed by atoms with Crippen molar-refractivity contribution in [3.8, 4) is 0 Å². The first-order valence-electron chi connectivity index (χ1n) is 11.2. The summed E-state index contributed by atoms with van der Waals surface area (Å²) in [6, 6.07) is 14.1. The molecule has 2 aliphatic rings. The molecular formula is C26H28N4O3. The van der Waals surface area contributed by atoms with Crippen molar-refractivity contribution < 1.29 is 14.3 Å². The molecule has 3 heterocycles.